The van der Waals surface area contributed by atoms with Crippen LogP contribution in [0.25, 0.3) is 0 Å². The van der Waals surface area contributed by atoms with Gasteiger partial charge in [-0.2, -0.15) is 0 Å². The molecule has 0 spiro atoms. The molecule has 0 aliphatic rings. The van der Waals surface area contributed by atoms with Crippen molar-refractivity contribution in [1.82, 2.24) is 9.62 Å². The van der Waals surface area contributed by atoms with E-state index in [1.165, 1.54) is 5.70 Å². The summed E-state index contributed by atoms with van der Waals surface area (Å²) >= 11 is 1.63. The van der Waals surface area contributed by atoms with Gasteiger partial charge in [0, 0.05) is 30.3 Å². The lowest BCUT2D eigenvalue weighted by molar-refractivity contribution is 0.583. The molecule has 0 rings (SSSR count). The van der Waals surface area contributed by atoms with Gasteiger partial charge in [-0.1, -0.05) is 25.2 Å². The minimum Gasteiger partial charge on any atom is -0.402 e. The molecule has 0 aliphatic heterocycles. The lowest BCUT2D eigenvalue weighted by atomic mass is 10.0. The Morgan fingerprint density at radius 2 is 2.05 bits per heavy atom. The lowest BCUT2D eigenvalue weighted by Gasteiger charge is -2.10. The molecule has 0 radical (unpaired) electrons. The number of nitrogens with zero attached hydrogens (tertiary/aromatic N) is 1. The van der Waals surface area contributed by atoms with Gasteiger partial charge in [-0.05, 0) is 51.7 Å². The molecule has 1 atom stereocenters. The van der Waals surface area contributed by atoms with E-state index in [1.807, 2.05) is 30.9 Å². The molecule has 0 aromatic heterocycles. The Hall–Kier alpha value is -0.870. The molecule has 1 unspecified atom stereocenters. The maximum atomic E-state index is 5.99. The SMILES string of the molecule is C/C=C(\C/C=C\CC(C)C/C(N)=C\SN(C)C)NC. The highest BCUT2D eigenvalue weighted by Crippen LogP contribution is 2.16. The Kier molecular flexibility index (Phi) is 10.5. The summed E-state index contributed by atoms with van der Waals surface area (Å²) in [4.78, 5) is 0. The number of nitrogens with two attached hydrogens (primary N) is 1. The van der Waals surface area contributed by atoms with Crippen LogP contribution in [0.1, 0.15) is 33.1 Å². The number of hydrogen-bond donors (Lipinski definition) is 2. The molecular formula is C15H29N3S. The summed E-state index contributed by atoms with van der Waals surface area (Å²) in [7, 11) is 5.99. The van der Waals surface area contributed by atoms with Gasteiger partial charge < -0.3 is 11.1 Å². The van der Waals surface area contributed by atoms with E-state index in [-0.39, 0.29) is 0 Å². The molecule has 19 heavy (non-hydrogen) atoms. The van der Waals surface area contributed by atoms with Gasteiger partial charge in [0.1, 0.15) is 0 Å². The zero-order valence-electron chi connectivity index (χ0n) is 12.9. The summed E-state index contributed by atoms with van der Waals surface area (Å²) in [6, 6.07) is 0. The van der Waals surface area contributed by atoms with Crippen LogP contribution in [0.4, 0.5) is 0 Å². The van der Waals surface area contributed by atoms with Crippen LogP contribution in [0.2, 0.25) is 0 Å². The fourth-order valence-electron chi connectivity index (χ4n) is 1.61. The monoisotopic (exact) mass is 283 g/mol. The largest absolute Gasteiger partial charge is 0.402 e. The Bertz CT molecular complexity index is 319. The fraction of sp³-hybridized carbons (Fsp3) is 0.600. The second-order valence-corrected chi connectivity index (χ2v) is 6.07. The normalized spacial score (nSPS) is 15.3. The van der Waals surface area contributed by atoms with Crippen molar-refractivity contribution in [2.24, 2.45) is 11.7 Å². The first-order valence-corrected chi connectivity index (χ1v) is 7.59. The molecule has 110 valence electrons. The first-order valence-electron chi connectivity index (χ1n) is 6.76. The van der Waals surface area contributed by atoms with Gasteiger partial charge in [0.25, 0.3) is 0 Å². The van der Waals surface area contributed by atoms with Gasteiger partial charge in [0.15, 0.2) is 0 Å². The molecule has 0 heterocycles. The fourth-order valence-corrected chi connectivity index (χ4v) is 2.05. The highest BCUT2D eigenvalue weighted by molar-refractivity contribution is 7.99. The summed E-state index contributed by atoms with van der Waals surface area (Å²) in [6.07, 6.45) is 9.57. The van der Waals surface area contributed by atoms with Gasteiger partial charge in [-0.15, -0.1) is 0 Å². The Labute approximate surface area is 123 Å². The van der Waals surface area contributed by atoms with Crippen molar-refractivity contribution in [3.05, 3.63) is 35.0 Å². The molecule has 0 amide bonds. The van der Waals surface area contributed by atoms with E-state index in [0.29, 0.717) is 5.92 Å². The van der Waals surface area contributed by atoms with Crippen LogP contribution in [0.5, 0.6) is 0 Å². The van der Waals surface area contributed by atoms with Crippen LogP contribution in [0, 0.1) is 5.92 Å². The van der Waals surface area contributed by atoms with Gasteiger partial charge in [0.05, 0.1) is 0 Å². The smallest absolute Gasteiger partial charge is 0.0160 e. The van der Waals surface area contributed by atoms with E-state index in [4.69, 9.17) is 5.73 Å². The topological polar surface area (TPSA) is 41.3 Å². The van der Waals surface area contributed by atoms with E-state index in [1.54, 1.807) is 11.9 Å². The summed E-state index contributed by atoms with van der Waals surface area (Å²) in [5, 5.41) is 5.20. The molecule has 0 fully saturated rings. The maximum absolute atomic E-state index is 5.99. The third-order valence-electron chi connectivity index (χ3n) is 2.71. The molecule has 0 bridgehead atoms. The van der Waals surface area contributed by atoms with E-state index in [2.05, 4.69) is 37.4 Å². The molecule has 4 heteroatoms. The van der Waals surface area contributed by atoms with Gasteiger partial charge in [-0.25, -0.2) is 0 Å². The third-order valence-corrected chi connectivity index (χ3v) is 3.54. The maximum Gasteiger partial charge on any atom is 0.0160 e. The predicted molar refractivity (Wildman–Crippen MR) is 88.5 cm³/mol. The van der Waals surface area contributed by atoms with Crippen LogP contribution < -0.4 is 11.1 Å². The lowest BCUT2D eigenvalue weighted by Crippen LogP contribution is -2.05. The van der Waals surface area contributed by atoms with E-state index >= 15 is 0 Å². The van der Waals surface area contributed by atoms with Crippen molar-refractivity contribution in [2.75, 3.05) is 21.1 Å². The first-order chi connectivity index (χ1) is 8.99. The van der Waals surface area contributed by atoms with Crippen LogP contribution in [-0.2, 0) is 0 Å². The summed E-state index contributed by atoms with van der Waals surface area (Å²) in [6.45, 7) is 4.29. The highest BCUT2D eigenvalue weighted by atomic mass is 32.2. The zero-order chi connectivity index (χ0) is 14.7. The van der Waals surface area contributed by atoms with Gasteiger partial charge >= 0.3 is 0 Å². The van der Waals surface area contributed by atoms with Gasteiger partial charge in [0.2, 0.25) is 0 Å². The van der Waals surface area contributed by atoms with Crippen molar-refractivity contribution in [2.45, 2.75) is 33.1 Å². The minimum atomic E-state index is 0.582. The molecular weight excluding hydrogens is 254 g/mol. The number of nitrogens with one attached hydrogen (secondary N) is 1. The van der Waals surface area contributed by atoms with Crippen molar-refractivity contribution in [1.29, 1.82) is 0 Å². The quantitative estimate of drug-likeness (QED) is 0.502. The highest BCUT2D eigenvalue weighted by Gasteiger charge is 2.02. The Balaban J connectivity index is 3.95. The molecule has 0 saturated carbocycles. The molecule has 3 N–H and O–H groups in total. The van der Waals surface area contributed by atoms with Crippen molar-refractivity contribution in [3.8, 4) is 0 Å². The van der Waals surface area contributed by atoms with Crippen LogP contribution in [-0.4, -0.2) is 25.4 Å². The predicted octanol–water partition coefficient (Wildman–Crippen LogP) is 3.48. The van der Waals surface area contributed by atoms with Crippen molar-refractivity contribution < 1.29 is 0 Å². The average molecular weight is 283 g/mol. The van der Waals surface area contributed by atoms with Crippen molar-refractivity contribution >= 4 is 11.9 Å². The van der Waals surface area contributed by atoms with Crippen LogP contribution >= 0.6 is 11.9 Å². The van der Waals surface area contributed by atoms with E-state index in [0.717, 1.165) is 25.0 Å². The zero-order valence-corrected chi connectivity index (χ0v) is 13.8. The summed E-state index contributed by atoms with van der Waals surface area (Å²) < 4.78 is 2.04. The summed E-state index contributed by atoms with van der Waals surface area (Å²) in [5.41, 5.74) is 8.21. The summed E-state index contributed by atoms with van der Waals surface area (Å²) in [5.74, 6) is 0.582. The molecule has 0 saturated heterocycles. The Morgan fingerprint density at radius 3 is 2.58 bits per heavy atom. The second-order valence-electron chi connectivity index (χ2n) is 4.89. The molecule has 0 aromatic rings. The molecule has 0 aliphatic carbocycles. The van der Waals surface area contributed by atoms with Crippen LogP contribution in [0.15, 0.2) is 35.0 Å². The average Bonchev–Trinajstić information content (AvgIpc) is 2.36. The number of hydrogen-bond acceptors (Lipinski definition) is 4. The third kappa shape index (κ3) is 10.7. The minimum absolute atomic E-state index is 0.582. The first kappa shape index (κ1) is 18.1. The number of rotatable bonds is 9. The Morgan fingerprint density at radius 1 is 1.37 bits per heavy atom. The van der Waals surface area contributed by atoms with Gasteiger partial charge in [-0.3, -0.25) is 4.31 Å². The molecule has 3 nitrogen and oxygen atoms in total. The van der Waals surface area contributed by atoms with Crippen LogP contribution in [0.3, 0.4) is 0 Å². The standard InChI is InChI=1S/C15H29N3S/c1-6-15(17-3)10-8-7-9-13(2)11-14(16)12-19-18(4)5/h6-8,12-13,17H,9-11,16H2,1-5H3/b8-7-,14-12+,15-6+. The second kappa shape index (κ2) is 11.0. The van der Waals surface area contributed by atoms with E-state index < -0.39 is 0 Å². The van der Waals surface area contributed by atoms with Crippen molar-refractivity contribution in [3.63, 3.8) is 0 Å². The molecule has 0 aromatic carbocycles. The number of allylic oxidation sites excluding steroid dienone is 4. The van der Waals surface area contributed by atoms with E-state index in [9.17, 15) is 0 Å².